The molecule has 0 atom stereocenters. The predicted molar refractivity (Wildman–Crippen MR) is 107 cm³/mol. The second-order valence-corrected chi connectivity index (χ2v) is 6.67. The summed E-state index contributed by atoms with van der Waals surface area (Å²) < 4.78 is 88.9. The number of hydrogen-bond acceptors (Lipinski definition) is 5. The molecule has 0 spiro atoms. The van der Waals surface area contributed by atoms with Crippen LogP contribution in [0.25, 0.3) is 6.08 Å². The standard InChI is InChI=1S/C22H22F6O5/c1-2-3-4-7-12-20(18(29)32-15-21(23,24)25,19(30)33-16-22(26,27)28)13-8-5-6-10-17-11-9-14-31-17/h2-6,8-11,14H,1,7,12-13,15-16H2/b4-3+,8-5+,10-6+. The summed E-state index contributed by atoms with van der Waals surface area (Å²) in [4.78, 5) is 25.2. The highest BCUT2D eigenvalue weighted by Crippen LogP contribution is 2.34. The number of esters is 2. The van der Waals surface area contributed by atoms with Gasteiger partial charge in [0.1, 0.15) is 5.76 Å². The van der Waals surface area contributed by atoms with Gasteiger partial charge in [0.15, 0.2) is 18.6 Å². The van der Waals surface area contributed by atoms with Gasteiger partial charge < -0.3 is 13.9 Å². The first-order valence-electron chi connectivity index (χ1n) is 9.52. The normalized spacial score (nSPS) is 13.2. The van der Waals surface area contributed by atoms with Crippen molar-refractivity contribution < 1.29 is 49.8 Å². The summed E-state index contributed by atoms with van der Waals surface area (Å²) in [6, 6.07) is 3.25. The highest BCUT2D eigenvalue weighted by molar-refractivity contribution is 6.00. The molecule has 0 aromatic carbocycles. The van der Waals surface area contributed by atoms with Gasteiger partial charge in [-0.1, -0.05) is 43.0 Å². The fourth-order valence-electron chi connectivity index (χ4n) is 2.53. The maximum absolute atomic E-state index is 12.6. The van der Waals surface area contributed by atoms with Crippen LogP contribution in [-0.4, -0.2) is 37.5 Å². The van der Waals surface area contributed by atoms with Crippen LogP contribution in [0, 0.1) is 5.41 Å². The molecule has 182 valence electrons. The van der Waals surface area contributed by atoms with Crippen molar-refractivity contribution in [2.75, 3.05) is 13.2 Å². The van der Waals surface area contributed by atoms with Gasteiger partial charge in [-0.2, -0.15) is 26.3 Å². The van der Waals surface area contributed by atoms with Crippen LogP contribution in [0.5, 0.6) is 0 Å². The zero-order valence-electron chi connectivity index (χ0n) is 17.3. The molecular weight excluding hydrogens is 458 g/mol. The number of rotatable bonds is 12. The molecule has 0 saturated carbocycles. The third-order valence-electron chi connectivity index (χ3n) is 4.04. The first-order chi connectivity index (χ1) is 15.4. The molecule has 0 fully saturated rings. The van der Waals surface area contributed by atoms with Crippen LogP contribution >= 0.6 is 0 Å². The molecule has 1 aromatic heterocycles. The largest absolute Gasteiger partial charge is 0.465 e. The first kappa shape index (κ1) is 27.8. The van der Waals surface area contributed by atoms with Crippen molar-refractivity contribution in [1.29, 1.82) is 0 Å². The number of hydrogen-bond donors (Lipinski definition) is 0. The zero-order valence-corrected chi connectivity index (χ0v) is 17.3. The van der Waals surface area contributed by atoms with Gasteiger partial charge in [-0.15, -0.1) is 0 Å². The molecule has 33 heavy (non-hydrogen) atoms. The average molecular weight is 480 g/mol. The van der Waals surface area contributed by atoms with Gasteiger partial charge >= 0.3 is 24.3 Å². The van der Waals surface area contributed by atoms with Crippen molar-refractivity contribution in [2.24, 2.45) is 5.41 Å². The average Bonchev–Trinajstić information content (AvgIpc) is 3.24. The molecule has 0 unspecified atom stereocenters. The van der Waals surface area contributed by atoms with Crippen molar-refractivity contribution in [3.05, 3.63) is 67.2 Å². The van der Waals surface area contributed by atoms with Gasteiger partial charge in [-0.3, -0.25) is 9.59 Å². The van der Waals surface area contributed by atoms with Crippen LogP contribution in [0.4, 0.5) is 26.3 Å². The lowest BCUT2D eigenvalue weighted by Gasteiger charge is -2.28. The number of alkyl halides is 6. The van der Waals surface area contributed by atoms with E-state index in [9.17, 15) is 35.9 Å². The van der Waals surface area contributed by atoms with Crippen molar-refractivity contribution in [3.8, 4) is 0 Å². The van der Waals surface area contributed by atoms with Crippen LogP contribution in [0.2, 0.25) is 0 Å². The summed E-state index contributed by atoms with van der Waals surface area (Å²) in [5.41, 5.74) is -2.43. The number of ether oxygens (including phenoxy) is 2. The summed E-state index contributed by atoms with van der Waals surface area (Å²) in [6.45, 7) is -0.596. The van der Waals surface area contributed by atoms with E-state index in [0.29, 0.717) is 5.76 Å². The Kier molecular flexibility index (Phi) is 10.7. The molecule has 0 aliphatic heterocycles. The van der Waals surface area contributed by atoms with Gasteiger partial charge in [0.2, 0.25) is 0 Å². The van der Waals surface area contributed by atoms with E-state index in [1.54, 1.807) is 12.1 Å². The van der Waals surface area contributed by atoms with Gasteiger partial charge in [0, 0.05) is 0 Å². The minimum Gasteiger partial charge on any atom is -0.465 e. The number of allylic oxidation sites excluding steroid dienone is 6. The lowest BCUT2D eigenvalue weighted by Crippen LogP contribution is -2.44. The number of carbonyl (C=O) groups is 2. The van der Waals surface area contributed by atoms with E-state index < -0.39 is 55.8 Å². The lowest BCUT2D eigenvalue weighted by molar-refractivity contribution is -0.206. The molecule has 1 aromatic rings. The van der Waals surface area contributed by atoms with E-state index in [-0.39, 0.29) is 6.42 Å². The smallest absolute Gasteiger partial charge is 0.422 e. The molecular formula is C22H22F6O5. The van der Waals surface area contributed by atoms with Gasteiger partial charge in [0.25, 0.3) is 0 Å². The Morgan fingerprint density at radius 3 is 2.03 bits per heavy atom. The van der Waals surface area contributed by atoms with Crippen LogP contribution in [-0.2, 0) is 19.1 Å². The summed E-state index contributed by atoms with van der Waals surface area (Å²) in [5.74, 6) is -2.81. The van der Waals surface area contributed by atoms with Crippen molar-refractivity contribution in [2.45, 2.75) is 31.6 Å². The molecule has 0 radical (unpaired) electrons. The monoisotopic (exact) mass is 480 g/mol. The second-order valence-electron chi connectivity index (χ2n) is 6.67. The van der Waals surface area contributed by atoms with Crippen LogP contribution < -0.4 is 0 Å². The molecule has 0 aliphatic carbocycles. The Morgan fingerprint density at radius 1 is 0.939 bits per heavy atom. The predicted octanol–water partition coefficient (Wildman–Crippen LogP) is 5.96. The van der Waals surface area contributed by atoms with E-state index in [2.05, 4.69) is 16.1 Å². The minimum absolute atomic E-state index is 0.0513. The third kappa shape index (κ3) is 10.8. The quantitative estimate of drug-likeness (QED) is 0.160. The fourth-order valence-corrected chi connectivity index (χ4v) is 2.53. The number of carbonyl (C=O) groups excluding carboxylic acids is 2. The Balaban J connectivity index is 3.18. The van der Waals surface area contributed by atoms with Crippen LogP contribution in [0.3, 0.4) is 0 Å². The first-order valence-corrected chi connectivity index (χ1v) is 9.52. The van der Waals surface area contributed by atoms with Gasteiger partial charge in [0.05, 0.1) is 6.26 Å². The van der Waals surface area contributed by atoms with Gasteiger partial charge in [-0.25, -0.2) is 0 Å². The fraction of sp³-hybridized carbons (Fsp3) is 0.364. The molecule has 0 aliphatic rings. The molecule has 1 heterocycles. The highest BCUT2D eigenvalue weighted by Gasteiger charge is 2.49. The molecule has 0 amide bonds. The highest BCUT2D eigenvalue weighted by atomic mass is 19.4. The summed E-state index contributed by atoms with van der Waals surface area (Å²) in [7, 11) is 0. The van der Waals surface area contributed by atoms with E-state index in [4.69, 9.17) is 4.42 Å². The van der Waals surface area contributed by atoms with E-state index in [0.717, 1.165) is 0 Å². The van der Waals surface area contributed by atoms with Crippen molar-refractivity contribution >= 4 is 18.0 Å². The maximum Gasteiger partial charge on any atom is 0.422 e. The molecule has 0 saturated heterocycles. The van der Waals surface area contributed by atoms with Gasteiger partial charge in [-0.05, 0) is 37.5 Å². The third-order valence-corrected chi connectivity index (χ3v) is 4.04. The van der Waals surface area contributed by atoms with Crippen LogP contribution in [0.15, 0.2) is 65.8 Å². The molecule has 1 rings (SSSR count). The Bertz CT molecular complexity index is 818. The lowest BCUT2D eigenvalue weighted by atomic mass is 9.79. The number of halogens is 6. The summed E-state index contributed by atoms with van der Waals surface area (Å²) >= 11 is 0. The van der Waals surface area contributed by atoms with Crippen LogP contribution in [0.1, 0.15) is 25.0 Å². The molecule has 0 bridgehead atoms. The van der Waals surface area contributed by atoms with Crippen molar-refractivity contribution in [1.82, 2.24) is 0 Å². The molecule has 5 nitrogen and oxygen atoms in total. The topological polar surface area (TPSA) is 65.7 Å². The SMILES string of the molecule is C=C/C=C/CCC(C/C=C/C=C/c1ccco1)(C(=O)OCC(F)(F)F)C(=O)OCC(F)(F)F. The summed E-state index contributed by atoms with van der Waals surface area (Å²) in [5, 5.41) is 0. The zero-order chi connectivity index (χ0) is 25.0. The number of furan rings is 1. The Hall–Kier alpha value is -3.24. The minimum atomic E-state index is -4.90. The Labute approximate surface area is 186 Å². The molecule has 0 N–H and O–H groups in total. The van der Waals surface area contributed by atoms with E-state index >= 15 is 0 Å². The second kappa shape index (κ2) is 12.7. The van der Waals surface area contributed by atoms with Crippen molar-refractivity contribution in [3.63, 3.8) is 0 Å². The van der Waals surface area contributed by atoms with E-state index in [1.807, 2.05) is 0 Å². The maximum atomic E-state index is 12.6. The Morgan fingerprint density at radius 2 is 1.55 bits per heavy atom. The summed E-state index contributed by atoms with van der Waals surface area (Å²) in [6.07, 6.45) is 0.327. The molecule has 11 heteroatoms. The van der Waals surface area contributed by atoms with E-state index in [1.165, 1.54) is 48.8 Å².